The van der Waals surface area contributed by atoms with Gasteiger partial charge in [-0.25, -0.2) is 0 Å². The van der Waals surface area contributed by atoms with Crippen LogP contribution in [0, 0.1) is 11.3 Å². The Kier molecular flexibility index (Phi) is 6.86. The van der Waals surface area contributed by atoms with Gasteiger partial charge in [0.05, 0.1) is 18.2 Å². The molecule has 0 bridgehead atoms. The van der Waals surface area contributed by atoms with Crippen LogP contribution in [0.25, 0.3) is 16.0 Å². The zero-order chi connectivity index (χ0) is 16.5. The summed E-state index contributed by atoms with van der Waals surface area (Å²) in [6, 6.07) is 14.0. The van der Waals surface area contributed by atoms with Gasteiger partial charge < -0.3 is 9.84 Å². The van der Waals surface area contributed by atoms with Crippen LogP contribution in [0.2, 0.25) is 0 Å². The first-order chi connectivity index (χ1) is 11.2. The van der Waals surface area contributed by atoms with E-state index in [0.29, 0.717) is 12.2 Å². The number of nitrogens with zero attached hydrogens (tertiary/aromatic N) is 1. The number of benzene rings is 1. The first-order valence-electron chi connectivity index (χ1n) is 7.78. The molecular formula is C19H21NO2S. The molecule has 120 valence electrons. The number of thiophene rings is 1. The molecule has 0 atom stereocenters. The number of allylic oxidation sites excluding steroid dienone is 1. The second-order valence-corrected chi connectivity index (χ2v) is 6.35. The predicted molar refractivity (Wildman–Crippen MR) is 95.5 cm³/mol. The Balaban J connectivity index is 1.86. The first-order valence-corrected chi connectivity index (χ1v) is 8.59. The van der Waals surface area contributed by atoms with Crippen molar-refractivity contribution in [2.45, 2.75) is 25.7 Å². The SMILES string of the molecule is C=C(C#N)c1ccc(-c2ccc(OCCCCCCO)cc2)s1. The molecule has 0 aliphatic heterocycles. The van der Waals surface area contributed by atoms with Crippen molar-refractivity contribution in [3.05, 3.63) is 47.9 Å². The van der Waals surface area contributed by atoms with E-state index in [2.05, 4.69) is 12.6 Å². The van der Waals surface area contributed by atoms with E-state index in [-0.39, 0.29) is 6.61 Å². The molecule has 1 heterocycles. The summed E-state index contributed by atoms with van der Waals surface area (Å²) >= 11 is 1.57. The lowest BCUT2D eigenvalue weighted by atomic mass is 10.2. The van der Waals surface area contributed by atoms with Gasteiger partial charge in [-0.05, 0) is 61.2 Å². The number of ether oxygens (including phenoxy) is 1. The summed E-state index contributed by atoms with van der Waals surface area (Å²) in [5, 5.41) is 17.6. The predicted octanol–water partition coefficient (Wildman–Crippen LogP) is 4.88. The van der Waals surface area contributed by atoms with E-state index in [9.17, 15) is 0 Å². The monoisotopic (exact) mass is 327 g/mol. The van der Waals surface area contributed by atoms with Crippen molar-refractivity contribution in [2.24, 2.45) is 0 Å². The van der Waals surface area contributed by atoms with Gasteiger partial charge in [0.2, 0.25) is 0 Å². The van der Waals surface area contributed by atoms with Gasteiger partial charge in [0, 0.05) is 16.4 Å². The number of rotatable bonds is 9. The molecule has 0 aliphatic carbocycles. The molecule has 2 rings (SSSR count). The van der Waals surface area contributed by atoms with Crippen LogP contribution in [0.15, 0.2) is 43.0 Å². The molecule has 0 unspecified atom stereocenters. The van der Waals surface area contributed by atoms with E-state index in [1.54, 1.807) is 11.3 Å². The lowest BCUT2D eigenvalue weighted by Crippen LogP contribution is -1.97. The van der Waals surface area contributed by atoms with Gasteiger partial charge >= 0.3 is 0 Å². The molecule has 3 nitrogen and oxygen atoms in total. The van der Waals surface area contributed by atoms with Crippen LogP contribution in [0.3, 0.4) is 0 Å². The third kappa shape index (κ3) is 5.24. The molecule has 1 aromatic carbocycles. The van der Waals surface area contributed by atoms with E-state index < -0.39 is 0 Å². The fourth-order valence-electron chi connectivity index (χ4n) is 2.18. The van der Waals surface area contributed by atoms with Crippen molar-refractivity contribution >= 4 is 16.9 Å². The minimum absolute atomic E-state index is 0.272. The molecule has 4 heteroatoms. The number of aliphatic hydroxyl groups excluding tert-OH is 1. The Morgan fingerprint density at radius 3 is 2.52 bits per heavy atom. The Labute approximate surface area is 141 Å². The van der Waals surface area contributed by atoms with Crippen molar-refractivity contribution < 1.29 is 9.84 Å². The maximum Gasteiger partial charge on any atom is 0.119 e. The van der Waals surface area contributed by atoms with Crippen LogP contribution in [-0.4, -0.2) is 18.3 Å². The number of aliphatic hydroxyl groups is 1. The average molecular weight is 327 g/mol. The van der Waals surface area contributed by atoms with Crippen LogP contribution in [0.4, 0.5) is 0 Å². The molecule has 1 N–H and O–H groups in total. The Bertz CT molecular complexity index is 667. The molecule has 0 saturated carbocycles. The normalized spacial score (nSPS) is 10.3. The molecule has 0 amide bonds. The van der Waals surface area contributed by atoms with Gasteiger partial charge in [0.15, 0.2) is 0 Å². The van der Waals surface area contributed by atoms with E-state index in [1.165, 1.54) is 0 Å². The minimum atomic E-state index is 0.272. The zero-order valence-electron chi connectivity index (χ0n) is 13.1. The fraction of sp³-hybridized carbons (Fsp3) is 0.316. The highest BCUT2D eigenvalue weighted by Gasteiger charge is 2.05. The first kappa shape index (κ1) is 17.3. The van der Waals surface area contributed by atoms with Crippen molar-refractivity contribution in [1.82, 2.24) is 0 Å². The molecule has 1 aromatic heterocycles. The summed E-state index contributed by atoms with van der Waals surface area (Å²) in [4.78, 5) is 2.03. The molecule has 0 fully saturated rings. The average Bonchev–Trinajstić information content (AvgIpc) is 3.08. The number of hydrogen-bond donors (Lipinski definition) is 1. The van der Waals surface area contributed by atoms with Gasteiger partial charge in [-0.15, -0.1) is 11.3 Å². The highest BCUT2D eigenvalue weighted by molar-refractivity contribution is 7.16. The lowest BCUT2D eigenvalue weighted by Gasteiger charge is -2.06. The Morgan fingerprint density at radius 2 is 1.83 bits per heavy atom. The Morgan fingerprint density at radius 1 is 1.09 bits per heavy atom. The summed E-state index contributed by atoms with van der Waals surface area (Å²) in [7, 11) is 0. The summed E-state index contributed by atoms with van der Waals surface area (Å²) in [5.41, 5.74) is 1.62. The molecule has 0 spiro atoms. The molecule has 0 aliphatic rings. The van der Waals surface area contributed by atoms with E-state index in [1.807, 2.05) is 36.4 Å². The smallest absolute Gasteiger partial charge is 0.119 e. The molecule has 23 heavy (non-hydrogen) atoms. The van der Waals surface area contributed by atoms with Gasteiger partial charge in [-0.3, -0.25) is 0 Å². The van der Waals surface area contributed by atoms with Crippen LogP contribution >= 0.6 is 11.3 Å². The second kappa shape index (κ2) is 9.14. The van der Waals surface area contributed by atoms with Crippen LogP contribution in [-0.2, 0) is 0 Å². The molecule has 0 saturated heterocycles. The standard InChI is InChI=1S/C19H21NO2S/c1-15(14-20)18-10-11-19(23-18)16-6-8-17(9-7-16)22-13-5-3-2-4-12-21/h6-11,21H,1-5,12-13H2. The maximum atomic E-state index is 8.88. The topological polar surface area (TPSA) is 53.2 Å². The van der Waals surface area contributed by atoms with Gasteiger partial charge in [0.25, 0.3) is 0 Å². The van der Waals surface area contributed by atoms with Crippen molar-refractivity contribution in [1.29, 1.82) is 5.26 Å². The Hall–Kier alpha value is -2.09. The summed E-state index contributed by atoms with van der Waals surface area (Å²) < 4.78 is 5.72. The second-order valence-electron chi connectivity index (χ2n) is 5.26. The largest absolute Gasteiger partial charge is 0.494 e. The van der Waals surface area contributed by atoms with Crippen molar-refractivity contribution in [3.8, 4) is 22.3 Å². The van der Waals surface area contributed by atoms with E-state index in [4.69, 9.17) is 15.1 Å². The fourth-order valence-corrected chi connectivity index (χ4v) is 3.12. The van der Waals surface area contributed by atoms with Gasteiger partial charge in [0.1, 0.15) is 5.75 Å². The zero-order valence-corrected chi connectivity index (χ0v) is 13.9. The lowest BCUT2D eigenvalue weighted by molar-refractivity contribution is 0.273. The van der Waals surface area contributed by atoms with Crippen molar-refractivity contribution in [3.63, 3.8) is 0 Å². The number of nitriles is 1. The molecule has 0 radical (unpaired) electrons. The number of hydrogen-bond acceptors (Lipinski definition) is 4. The molecule has 2 aromatic rings. The molecular weight excluding hydrogens is 306 g/mol. The minimum Gasteiger partial charge on any atom is -0.494 e. The third-order valence-corrected chi connectivity index (χ3v) is 4.69. The highest BCUT2D eigenvalue weighted by atomic mass is 32.1. The summed E-state index contributed by atoms with van der Waals surface area (Å²) in [6.07, 6.45) is 4.01. The highest BCUT2D eigenvalue weighted by Crippen LogP contribution is 2.32. The van der Waals surface area contributed by atoms with Crippen LogP contribution < -0.4 is 4.74 Å². The van der Waals surface area contributed by atoms with E-state index in [0.717, 1.165) is 46.8 Å². The van der Waals surface area contributed by atoms with Crippen LogP contribution in [0.1, 0.15) is 30.6 Å². The summed E-state index contributed by atoms with van der Waals surface area (Å²) in [5.74, 6) is 0.870. The third-order valence-electron chi connectivity index (χ3n) is 3.50. The van der Waals surface area contributed by atoms with Crippen LogP contribution in [0.5, 0.6) is 5.75 Å². The quantitative estimate of drug-likeness (QED) is 0.527. The van der Waals surface area contributed by atoms with E-state index >= 15 is 0 Å². The van der Waals surface area contributed by atoms with Gasteiger partial charge in [-0.2, -0.15) is 5.26 Å². The maximum absolute atomic E-state index is 8.88. The summed E-state index contributed by atoms with van der Waals surface area (Å²) in [6.45, 7) is 4.72. The number of unbranched alkanes of at least 4 members (excludes halogenated alkanes) is 3. The van der Waals surface area contributed by atoms with Crippen molar-refractivity contribution in [2.75, 3.05) is 13.2 Å². The van der Waals surface area contributed by atoms with Gasteiger partial charge in [-0.1, -0.05) is 13.0 Å².